The van der Waals surface area contributed by atoms with Gasteiger partial charge in [0.25, 0.3) is 0 Å². The lowest BCUT2D eigenvalue weighted by atomic mass is 10.1. The molecule has 1 aliphatic rings. The van der Waals surface area contributed by atoms with Crippen molar-refractivity contribution in [2.75, 3.05) is 32.7 Å². The monoisotopic (exact) mass is 289 g/mol. The van der Waals surface area contributed by atoms with Crippen molar-refractivity contribution in [3.63, 3.8) is 0 Å². The summed E-state index contributed by atoms with van der Waals surface area (Å²) in [6.07, 6.45) is 0. The van der Waals surface area contributed by atoms with E-state index in [9.17, 15) is 4.79 Å². The Hall–Kier alpha value is -1.43. The first-order valence-electron chi connectivity index (χ1n) is 6.90. The number of piperazine rings is 1. The Morgan fingerprint density at radius 3 is 2.60 bits per heavy atom. The normalized spacial score (nSPS) is 17.6. The molecule has 0 unspecified atom stereocenters. The van der Waals surface area contributed by atoms with Crippen LogP contribution < -0.4 is 5.73 Å². The molecule has 0 aliphatic carbocycles. The zero-order valence-electron chi connectivity index (χ0n) is 11.4. The van der Waals surface area contributed by atoms with Gasteiger partial charge in [-0.15, -0.1) is 11.3 Å². The maximum Gasteiger partial charge on any atom is 0.231 e. The number of hydrogen-bond acceptors (Lipinski definition) is 4. The fraction of sp³-hybridized carbons (Fsp3) is 0.400. The van der Waals surface area contributed by atoms with E-state index in [0.29, 0.717) is 6.54 Å². The second-order valence-corrected chi connectivity index (χ2v) is 6.19. The molecule has 3 rings (SSSR count). The van der Waals surface area contributed by atoms with E-state index in [1.54, 1.807) is 0 Å². The molecule has 1 fully saturated rings. The fourth-order valence-electron chi connectivity index (χ4n) is 2.72. The van der Waals surface area contributed by atoms with Crippen LogP contribution in [0, 0.1) is 0 Å². The van der Waals surface area contributed by atoms with Crippen LogP contribution in [0.15, 0.2) is 29.6 Å². The number of thiophene rings is 1. The maximum absolute atomic E-state index is 10.9. The van der Waals surface area contributed by atoms with E-state index in [2.05, 4.69) is 39.4 Å². The molecular weight excluding hydrogens is 270 g/mol. The quantitative estimate of drug-likeness (QED) is 0.928. The molecule has 0 saturated carbocycles. The van der Waals surface area contributed by atoms with Crippen molar-refractivity contribution in [2.45, 2.75) is 6.54 Å². The van der Waals surface area contributed by atoms with E-state index >= 15 is 0 Å². The molecular formula is C15H19N3OS. The van der Waals surface area contributed by atoms with E-state index in [1.807, 2.05) is 11.3 Å². The van der Waals surface area contributed by atoms with Gasteiger partial charge in [-0.25, -0.2) is 0 Å². The van der Waals surface area contributed by atoms with E-state index in [4.69, 9.17) is 5.73 Å². The lowest BCUT2D eigenvalue weighted by Gasteiger charge is -2.33. The first-order chi connectivity index (χ1) is 9.72. The lowest BCUT2D eigenvalue weighted by molar-refractivity contribution is -0.119. The molecule has 0 spiro atoms. The average Bonchev–Trinajstić information content (AvgIpc) is 2.84. The van der Waals surface area contributed by atoms with Crippen LogP contribution in [0.5, 0.6) is 0 Å². The zero-order valence-corrected chi connectivity index (χ0v) is 12.2. The smallest absolute Gasteiger partial charge is 0.231 e. The minimum absolute atomic E-state index is 0.234. The Morgan fingerprint density at radius 1 is 1.15 bits per heavy atom. The highest BCUT2D eigenvalue weighted by Gasteiger charge is 2.18. The van der Waals surface area contributed by atoms with Crippen molar-refractivity contribution in [3.05, 3.63) is 35.2 Å². The third-order valence-electron chi connectivity index (χ3n) is 3.80. The van der Waals surface area contributed by atoms with Crippen LogP contribution >= 0.6 is 11.3 Å². The SMILES string of the molecule is NC(=O)CN1CCN(Cc2csc3ccccc23)CC1. The molecule has 2 heterocycles. The topological polar surface area (TPSA) is 49.6 Å². The summed E-state index contributed by atoms with van der Waals surface area (Å²) < 4.78 is 1.36. The summed E-state index contributed by atoms with van der Waals surface area (Å²) in [5.41, 5.74) is 6.65. The van der Waals surface area contributed by atoms with Gasteiger partial charge in [-0.1, -0.05) is 18.2 Å². The van der Waals surface area contributed by atoms with Gasteiger partial charge in [0, 0.05) is 37.4 Å². The van der Waals surface area contributed by atoms with Gasteiger partial charge in [0.1, 0.15) is 0 Å². The molecule has 106 valence electrons. The largest absolute Gasteiger partial charge is 0.369 e. The van der Waals surface area contributed by atoms with Gasteiger partial charge in [-0.05, 0) is 22.4 Å². The summed E-state index contributed by atoms with van der Waals surface area (Å²) in [4.78, 5) is 15.5. The number of nitrogens with two attached hydrogens (primary N) is 1. The molecule has 0 radical (unpaired) electrons. The Labute approximate surface area is 122 Å². The van der Waals surface area contributed by atoms with Gasteiger partial charge in [-0.3, -0.25) is 14.6 Å². The summed E-state index contributed by atoms with van der Waals surface area (Å²) >= 11 is 1.81. The zero-order chi connectivity index (χ0) is 13.9. The number of hydrogen-bond donors (Lipinski definition) is 1. The van der Waals surface area contributed by atoms with Crippen molar-refractivity contribution in [1.82, 2.24) is 9.80 Å². The Balaban J connectivity index is 1.61. The maximum atomic E-state index is 10.9. The van der Waals surface area contributed by atoms with Crippen molar-refractivity contribution in [3.8, 4) is 0 Å². The van der Waals surface area contributed by atoms with Crippen LogP contribution in [0.1, 0.15) is 5.56 Å². The first-order valence-corrected chi connectivity index (χ1v) is 7.78. The summed E-state index contributed by atoms with van der Waals surface area (Å²) in [5, 5.41) is 3.64. The van der Waals surface area contributed by atoms with Crippen LogP contribution in [0.4, 0.5) is 0 Å². The van der Waals surface area contributed by atoms with E-state index < -0.39 is 0 Å². The molecule has 2 N–H and O–H groups in total. The third-order valence-corrected chi connectivity index (χ3v) is 4.81. The molecule has 4 nitrogen and oxygen atoms in total. The predicted molar refractivity (Wildman–Crippen MR) is 82.7 cm³/mol. The van der Waals surface area contributed by atoms with Crippen LogP contribution in [0.25, 0.3) is 10.1 Å². The van der Waals surface area contributed by atoms with E-state index in [0.717, 1.165) is 32.7 Å². The van der Waals surface area contributed by atoms with Crippen molar-refractivity contribution in [2.24, 2.45) is 5.73 Å². The van der Waals surface area contributed by atoms with Gasteiger partial charge in [0.2, 0.25) is 5.91 Å². The predicted octanol–water partition coefficient (Wildman–Crippen LogP) is 1.50. The van der Waals surface area contributed by atoms with Gasteiger partial charge in [0.05, 0.1) is 6.54 Å². The summed E-state index contributed by atoms with van der Waals surface area (Å²) in [6.45, 7) is 5.22. The highest BCUT2D eigenvalue weighted by molar-refractivity contribution is 7.17. The second-order valence-electron chi connectivity index (χ2n) is 5.28. The number of carbonyl (C=O) groups excluding carboxylic acids is 1. The van der Waals surface area contributed by atoms with Crippen molar-refractivity contribution in [1.29, 1.82) is 0 Å². The molecule has 5 heteroatoms. The number of benzene rings is 1. The summed E-state index contributed by atoms with van der Waals surface area (Å²) in [7, 11) is 0. The van der Waals surface area contributed by atoms with Crippen LogP contribution in [-0.2, 0) is 11.3 Å². The molecule has 0 bridgehead atoms. The molecule has 2 aromatic rings. The van der Waals surface area contributed by atoms with Gasteiger partial charge >= 0.3 is 0 Å². The number of rotatable bonds is 4. The Morgan fingerprint density at radius 2 is 1.85 bits per heavy atom. The first kappa shape index (κ1) is 13.5. The minimum Gasteiger partial charge on any atom is -0.369 e. The van der Waals surface area contributed by atoms with E-state index in [1.165, 1.54) is 15.6 Å². The Bertz CT molecular complexity index is 602. The number of fused-ring (bicyclic) bond motifs is 1. The highest BCUT2D eigenvalue weighted by atomic mass is 32.1. The molecule has 1 aromatic heterocycles. The van der Waals surface area contributed by atoms with Crippen LogP contribution in [0.3, 0.4) is 0 Å². The fourth-order valence-corrected chi connectivity index (χ4v) is 3.68. The van der Waals surface area contributed by atoms with Gasteiger partial charge in [-0.2, -0.15) is 0 Å². The molecule has 1 saturated heterocycles. The third kappa shape index (κ3) is 3.00. The van der Waals surface area contributed by atoms with Crippen LogP contribution in [-0.4, -0.2) is 48.4 Å². The molecule has 1 aromatic carbocycles. The molecule has 0 atom stereocenters. The number of nitrogens with zero attached hydrogens (tertiary/aromatic N) is 2. The number of primary amides is 1. The standard InChI is InChI=1S/C15H19N3OS/c16-15(19)10-18-7-5-17(6-8-18)9-12-11-20-14-4-2-1-3-13(12)14/h1-4,11H,5-10H2,(H2,16,19). The van der Waals surface area contributed by atoms with Crippen molar-refractivity contribution >= 4 is 27.3 Å². The summed E-state index contributed by atoms with van der Waals surface area (Å²) in [5.74, 6) is -0.234. The minimum atomic E-state index is -0.234. The van der Waals surface area contributed by atoms with Gasteiger partial charge < -0.3 is 5.73 Å². The average molecular weight is 289 g/mol. The van der Waals surface area contributed by atoms with Crippen LogP contribution in [0.2, 0.25) is 0 Å². The molecule has 1 amide bonds. The Kier molecular flexibility index (Phi) is 4.00. The lowest BCUT2D eigenvalue weighted by Crippen LogP contribution is -2.48. The van der Waals surface area contributed by atoms with Crippen molar-refractivity contribution < 1.29 is 4.79 Å². The molecule has 20 heavy (non-hydrogen) atoms. The molecule has 1 aliphatic heterocycles. The number of carbonyl (C=O) groups is 1. The van der Waals surface area contributed by atoms with Gasteiger partial charge in [0.15, 0.2) is 0 Å². The summed E-state index contributed by atoms with van der Waals surface area (Å²) in [6, 6.07) is 8.56. The van der Waals surface area contributed by atoms with E-state index in [-0.39, 0.29) is 5.91 Å². The highest BCUT2D eigenvalue weighted by Crippen LogP contribution is 2.26. The second kappa shape index (κ2) is 5.91. The number of amides is 1.